The van der Waals surface area contributed by atoms with Gasteiger partial charge in [0, 0.05) is 26.2 Å². The lowest BCUT2D eigenvalue weighted by atomic mass is 10.3. The third-order valence-corrected chi connectivity index (χ3v) is 1.80. The van der Waals surface area contributed by atoms with Gasteiger partial charge in [0.1, 0.15) is 0 Å². The topological polar surface area (TPSA) is 41.5 Å². The maximum atomic E-state index is 3.72. The Balaban J connectivity index is 0.000000810. The van der Waals surface area contributed by atoms with E-state index in [4.69, 9.17) is 0 Å². The number of hydrogen-bond donors (Lipinski definition) is 1. The highest BCUT2D eigenvalue weighted by molar-refractivity contribution is 4.76. The minimum absolute atomic E-state index is 0. The molecule has 3 nitrogen and oxygen atoms in total. The van der Waals surface area contributed by atoms with E-state index in [-0.39, 0.29) is 6.15 Å². The molecule has 0 aromatic carbocycles. The molecule has 1 heterocycles. The van der Waals surface area contributed by atoms with Crippen molar-refractivity contribution in [1.29, 1.82) is 0 Å². The highest BCUT2D eigenvalue weighted by atomic mass is 15.2. The largest absolute Gasteiger partial charge is 0.375 e. The molecule has 0 amide bonds. The summed E-state index contributed by atoms with van der Waals surface area (Å²) in [6.45, 7) is 8.34. The molecule has 0 saturated carbocycles. The normalized spacial score (nSPS) is 19.9. The molecule has 1 aliphatic rings. The number of piperazine rings is 1. The van der Waals surface area contributed by atoms with Crippen LogP contribution < -0.4 is 6.15 Å². The first kappa shape index (κ1) is 9.46. The van der Waals surface area contributed by atoms with Crippen LogP contribution in [-0.2, 0) is 0 Å². The van der Waals surface area contributed by atoms with E-state index >= 15 is 0 Å². The summed E-state index contributed by atoms with van der Waals surface area (Å²) in [5.74, 6) is 0. The Labute approximate surface area is 62.9 Å². The summed E-state index contributed by atoms with van der Waals surface area (Å²) >= 11 is 0. The first-order valence-electron chi connectivity index (χ1n) is 3.38. The Morgan fingerprint density at radius 3 is 2.10 bits per heavy atom. The fourth-order valence-corrected chi connectivity index (χ4v) is 1.00. The zero-order valence-corrected chi connectivity index (χ0v) is 6.71. The fraction of sp³-hybridized carbons (Fsp3) is 0.714. The Bertz CT molecular complexity index is 95.0. The van der Waals surface area contributed by atoms with Gasteiger partial charge in [0.05, 0.1) is 0 Å². The molecule has 1 rings (SSSR count). The van der Waals surface area contributed by atoms with Gasteiger partial charge in [-0.1, -0.05) is 6.58 Å². The standard InChI is InChI=1S/C7H14N2.H3N/c1-3-9-6-4-8(2)5-7-9;/h3H,1,4-7H2,2H3;1H3. The average Bonchev–Trinajstić information content (AvgIpc) is 1.90. The van der Waals surface area contributed by atoms with Crippen molar-refractivity contribution in [2.45, 2.75) is 0 Å². The summed E-state index contributed by atoms with van der Waals surface area (Å²) in [5.41, 5.74) is 0. The minimum atomic E-state index is 0. The van der Waals surface area contributed by atoms with Crippen molar-refractivity contribution in [2.75, 3.05) is 33.2 Å². The maximum Gasteiger partial charge on any atom is 0.0300 e. The third-order valence-electron chi connectivity index (χ3n) is 1.80. The van der Waals surface area contributed by atoms with Crippen LogP contribution in [0.15, 0.2) is 12.8 Å². The van der Waals surface area contributed by atoms with E-state index < -0.39 is 0 Å². The molecule has 0 aromatic heterocycles. The molecule has 3 heteroatoms. The molecule has 0 atom stereocenters. The summed E-state index contributed by atoms with van der Waals surface area (Å²) < 4.78 is 0. The van der Waals surface area contributed by atoms with Crippen LogP contribution in [0.4, 0.5) is 0 Å². The minimum Gasteiger partial charge on any atom is -0.375 e. The molecule has 60 valence electrons. The number of hydrogen-bond acceptors (Lipinski definition) is 3. The summed E-state index contributed by atoms with van der Waals surface area (Å²) in [5, 5.41) is 0. The molecular formula is C7H17N3. The molecule has 0 spiro atoms. The molecule has 1 aliphatic heterocycles. The highest BCUT2D eigenvalue weighted by Crippen LogP contribution is 1.97. The van der Waals surface area contributed by atoms with Gasteiger partial charge >= 0.3 is 0 Å². The monoisotopic (exact) mass is 143 g/mol. The van der Waals surface area contributed by atoms with Gasteiger partial charge < -0.3 is 16.0 Å². The molecule has 0 bridgehead atoms. The second-order valence-corrected chi connectivity index (χ2v) is 2.52. The van der Waals surface area contributed by atoms with E-state index in [1.165, 1.54) is 13.1 Å². The predicted octanol–water partition coefficient (Wildman–Crippen LogP) is 0.539. The van der Waals surface area contributed by atoms with Gasteiger partial charge in [0.15, 0.2) is 0 Å². The zero-order chi connectivity index (χ0) is 6.69. The van der Waals surface area contributed by atoms with E-state index in [1.54, 1.807) is 0 Å². The van der Waals surface area contributed by atoms with E-state index in [0.717, 1.165) is 13.1 Å². The van der Waals surface area contributed by atoms with Crippen LogP contribution in [0.2, 0.25) is 0 Å². The van der Waals surface area contributed by atoms with Crippen LogP contribution in [-0.4, -0.2) is 43.0 Å². The van der Waals surface area contributed by atoms with Gasteiger partial charge in [-0.2, -0.15) is 0 Å². The molecule has 0 radical (unpaired) electrons. The van der Waals surface area contributed by atoms with E-state index in [9.17, 15) is 0 Å². The van der Waals surface area contributed by atoms with Crippen molar-refractivity contribution in [3.8, 4) is 0 Å². The van der Waals surface area contributed by atoms with Crippen molar-refractivity contribution < 1.29 is 0 Å². The van der Waals surface area contributed by atoms with Crippen molar-refractivity contribution in [1.82, 2.24) is 16.0 Å². The summed E-state index contributed by atoms with van der Waals surface area (Å²) in [6.07, 6.45) is 1.92. The quantitative estimate of drug-likeness (QED) is 0.582. The SMILES string of the molecule is C=CN1CCN(C)CC1.N. The maximum absolute atomic E-state index is 3.72. The predicted molar refractivity (Wildman–Crippen MR) is 44.3 cm³/mol. The first-order chi connectivity index (χ1) is 4.33. The summed E-state index contributed by atoms with van der Waals surface area (Å²) in [4.78, 5) is 4.58. The third kappa shape index (κ3) is 2.37. The Morgan fingerprint density at radius 1 is 1.20 bits per heavy atom. The van der Waals surface area contributed by atoms with Crippen LogP contribution in [0.1, 0.15) is 0 Å². The Morgan fingerprint density at radius 2 is 1.70 bits per heavy atom. The molecule has 0 aromatic rings. The van der Waals surface area contributed by atoms with Crippen LogP contribution >= 0.6 is 0 Å². The van der Waals surface area contributed by atoms with Gasteiger partial charge in [0.25, 0.3) is 0 Å². The Kier molecular flexibility index (Phi) is 4.07. The van der Waals surface area contributed by atoms with Crippen LogP contribution in [0.5, 0.6) is 0 Å². The van der Waals surface area contributed by atoms with E-state index in [1.807, 2.05) is 6.20 Å². The second-order valence-electron chi connectivity index (χ2n) is 2.52. The second kappa shape index (κ2) is 4.30. The number of rotatable bonds is 1. The summed E-state index contributed by atoms with van der Waals surface area (Å²) in [6, 6.07) is 0. The van der Waals surface area contributed by atoms with Crippen molar-refractivity contribution >= 4 is 0 Å². The van der Waals surface area contributed by atoms with Gasteiger partial charge in [-0.05, 0) is 13.2 Å². The molecule has 10 heavy (non-hydrogen) atoms. The Hall–Kier alpha value is -0.540. The average molecular weight is 143 g/mol. The van der Waals surface area contributed by atoms with Crippen LogP contribution in [0.3, 0.4) is 0 Å². The van der Waals surface area contributed by atoms with Crippen molar-refractivity contribution in [2.24, 2.45) is 0 Å². The fourth-order valence-electron chi connectivity index (χ4n) is 1.00. The number of nitrogens with zero attached hydrogens (tertiary/aromatic N) is 2. The van der Waals surface area contributed by atoms with E-state index in [0.29, 0.717) is 0 Å². The van der Waals surface area contributed by atoms with Crippen molar-refractivity contribution in [3.63, 3.8) is 0 Å². The van der Waals surface area contributed by atoms with Crippen molar-refractivity contribution in [3.05, 3.63) is 12.8 Å². The lowest BCUT2D eigenvalue weighted by Gasteiger charge is -2.31. The molecule has 3 N–H and O–H groups in total. The lowest BCUT2D eigenvalue weighted by molar-refractivity contribution is 0.199. The van der Waals surface area contributed by atoms with Gasteiger partial charge in [-0.25, -0.2) is 0 Å². The van der Waals surface area contributed by atoms with Gasteiger partial charge in [-0.15, -0.1) is 0 Å². The van der Waals surface area contributed by atoms with Crippen LogP contribution in [0, 0.1) is 0 Å². The lowest BCUT2D eigenvalue weighted by Crippen LogP contribution is -2.41. The van der Waals surface area contributed by atoms with Gasteiger partial charge in [0.2, 0.25) is 0 Å². The number of likely N-dealkylation sites (N-methyl/N-ethyl adjacent to an activating group) is 1. The molecule has 0 aliphatic carbocycles. The van der Waals surface area contributed by atoms with E-state index in [2.05, 4.69) is 23.4 Å². The smallest absolute Gasteiger partial charge is 0.0300 e. The summed E-state index contributed by atoms with van der Waals surface area (Å²) in [7, 11) is 2.15. The highest BCUT2D eigenvalue weighted by Gasteiger charge is 2.08. The molecule has 1 fully saturated rings. The van der Waals surface area contributed by atoms with Gasteiger partial charge in [-0.3, -0.25) is 0 Å². The molecule has 0 unspecified atom stereocenters. The first-order valence-corrected chi connectivity index (χ1v) is 3.38. The zero-order valence-electron chi connectivity index (χ0n) is 6.71. The molecular weight excluding hydrogens is 126 g/mol. The van der Waals surface area contributed by atoms with Crippen LogP contribution in [0.25, 0.3) is 0 Å². The molecule has 1 saturated heterocycles.